The number of piperidine rings is 1. The Hall–Kier alpha value is -2.75. The molecule has 216 valence electrons. The Bertz CT molecular complexity index is 1430. The first-order chi connectivity index (χ1) is 19.6. The molecular formula is C31H44N6O2S. The summed E-state index contributed by atoms with van der Waals surface area (Å²) in [6.45, 7) is 16.5. The smallest absolute Gasteiger partial charge is 0.209 e. The predicted octanol–water partition coefficient (Wildman–Crippen LogP) is 5.83. The molecule has 1 aliphatic carbocycles. The van der Waals surface area contributed by atoms with Crippen LogP contribution in [-0.4, -0.2) is 70.3 Å². The van der Waals surface area contributed by atoms with Gasteiger partial charge in [-0.1, -0.05) is 27.7 Å². The highest BCUT2D eigenvalue weighted by Crippen LogP contribution is 2.47. The summed E-state index contributed by atoms with van der Waals surface area (Å²) >= 11 is 1.93. The van der Waals surface area contributed by atoms with Crippen LogP contribution in [0.2, 0.25) is 0 Å². The highest BCUT2D eigenvalue weighted by molar-refractivity contribution is 7.19. The molecular weight excluding hydrogens is 520 g/mol. The highest BCUT2D eigenvalue weighted by Gasteiger charge is 2.29. The summed E-state index contributed by atoms with van der Waals surface area (Å²) in [6, 6.07) is 0. The van der Waals surface area contributed by atoms with Crippen molar-refractivity contribution in [3.63, 3.8) is 0 Å². The van der Waals surface area contributed by atoms with Gasteiger partial charge in [-0.15, -0.1) is 11.3 Å². The van der Waals surface area contributed by atoms with E-state index in [2.05, 4.69) is 47.4 Å². The number of pyridine rings is 1. The summed E-state index contributed by atoms with van der Waals surface area (Å²) in [6.07, 6.45) is 10.3. The molecule has 0 aromatic carbocycles. The van der Waals surface area contributed by atoms with Gasteiger partial charge in [0.05, 0.1) is 18.9 Å². The minimum atomic E-state index is 0.417. The maximum absolute atomic E-state index is 11.1. The molecule has 0 bridgehead atoms. The van der Waals surface area contributed by atoms with Gasteiger partial charge in [-0.3, -0.25) is 4.79 Å². The van der Waals surface area contributed by atoms with Crippen LogP contribution in [0, 0.1) is 6.92 Å². The van der Waals surface area contributed by atoms with Crippen LogP contribution in [0.1, 0.15) is 85.9 Å². The molecule has 40 heavy (non-hydrogen) atoms. The van der Waals surface area contributed by atoms with Crippen molar-refractivity contribution in [1.82, 2.24) is 29.8 Å². The van der Waals surface area contributed by atoms with E-state index in [1.807, 2.05) is 34.6 Å². The number of nitrogens with one attached hydrogen (secondary N) is 2. The number of ether oxygens (including phenoxy) is 1. The summed E-state index contributed by atoms with van der Waals surface area (Å²) in [7, 11) is 0. The van der Waals surface area contributed by atoms with Crippen LogP contribution in [0.15, 0.2) is 12.5 Å². The van der Waals surface area contributed by atoms with E-state index in [-0.39, 0.29) is 0 Å². The van der Waals surface area contributed by atoms with Gasteiger partial charge < -0.3 is 19.9 Å². The summed E-state index contributed by atoms with van der Waals surface area (Å²) in [5, 5.41) is 9.04. The van der Waals surface area contributed by atoms with Gasteiger partial charge in [-0.25, -0.2) is 9.50 Å². The standard InChI is InChI=1S/C25H29N5OS.C4H9NO.C2H6/c1-14(2)20-21-15(3)23(16-7-9-29(13-31)10-8-16)32-25(21)28-22(20)19-11-30-24(26-12-27-30)18-6-4-5-17(18)19;1-3-6-4-2-5-1;1-2/h11-14,16,28H,4-10H2,1-3H3;5H,1-4H2;1-2H3. The minimum Gasteiger partial charge on any atom is -0.379 e. The predicted molar refractivity (Wildman–Crippen MR) is 164 cm³/mol. The molecule has 8 nitrogen and oxygen atoms in total. The number of hydrogen-bond acceptors (Lipinski definition) is 6. The second-order valence-electron chi connectivity index (χ2n) is 11.0. The van der Waals surface area contributed by atoms with Crippen LogP contribution in [-0.2, 0) is 22.4 Å². The number of aryl methyl sites for hydroxylation is 2. The van der Waals surface area contributed by atoms with Crippen molar-refractivity contribution in [2.24, 2.45) is 0 Å². The largest absolute Gasteiger partial charge is 0.379 e. The van der Waals surface area contributed by atoms with Gasteiger partial charge in [0.25, 0.3) is 0 Å². The molecule has 2 aliphatic heterocycles. The van der Waals surface area contributed by atoms with Crippen molar-refractivity contribution in [3.8, 4) is 11.3 Å². The number of carbonyl (C=O) groups is 1. The number of hydrogen-bond donors (Lipinski definition) is 2. The van der Waals surface area contributed by atoms with Gasteiger partial charge >= 0.3 is 0 Å². The van der Waals surface area contributed by atoms with Crippen LogP contribution < -0.4 is 5.32 Å². The Morgan fingerprint density at radius 3 is 2.48 bits per heavy atom. The topological polar surface area (TPSA) is 87.5 Å². The number of likely N-dealkylation sites (tertiary alicyclic amines) is 1. The SMILES string of the molecule is C1COCCN1.CC.Cc1c(C2CCN(C=O)CC2)sc2[nH]c(-c3cn4ncnc4c4c3CCC4)c(C(C)C)c12. The lowest BCUT2D eigenvalue weighted by molar-refractivity contribution is -0.119. The van der Waals surface area contributed by atoms with Crippen molar-refractivity contribution in [2.75, 3.05) is 39.4 Å². The van der Waals surface area contributed by atoms with Crippen molar-refractivity contribution in [1.29, 1.82) is 0 Å². The molecule has 0 atom stereocenters. The lowest BCUT2D eigenvalue weighted by Gasteiger charge is -2.29. The monoisotopic (exact) mass is 564 g/mol. The van der Waals surface area contributed by atoms with E-state index >= 15 is 0 Å². The van der Waals surface area contributed by atoms with Gasteiger partial charge in [0.1, 0.15) is 11.2 Å². The van der Waals surface area contributed by atoms with Gasteiger partial charge in [-0.05, 0) is 67.6 Å². The van der Waals surface area contributed by atoms with E-state index in [4.69, 9.17) is 4.74 Å². The molecule has 4 aromatic rings. The number of carbonyl (C=O) groups excluding carboxylic acids is 1. The molecule has 6 heterocycles. The van der Waals surface area contributed by atoms with Crippen LogP contribution in [0.4, 0.5) is 0 Å². The molecule has 0 spiro atoms. The fourth-order valence-corrected chi connectivity index (χ4v) is 7.87. The highest BCUT2D eigenvalue weighted by atomic mass is 32.1. The second kappa shape index (κ2) is 12.8. The third kappa shape index (κ3) is 5.43. The zero-order chi connectivity index (χ0) is 28.2. The van der Waals surface area contributed by atoms with E-state index in [0.29, 0.717) is 11.8 Å². The number of aromatic amines is 1. The van der Waals surface area contributed by atoms with E-state index in [1.54, 1.807) is 6.33 Å². The van der Waals surface area contributed by atoms with Gasteiger partial charge in [0, 0.05) is 53.8 Å². The molecule has 2 fully saturated rings. The fraction of sp³-hybridized carbons (Fsp3) is 0.581. The number of H-pyrrole nitrogens is 1. The maximum atomic E-state index is 11.1. The Labute approximate surface area is 241 Å². The first kappa shape index (κ1) is 28.8. The minimum absolute atomic E-state index is 0.417. The number of nitrogens with zero attached hydrogens (tertiary/aromatic N) is 4. The van der Waals surface area contributed by atoms with Crippen molar-refractivity contribution in [2.45, 2.75) is 78.6 Å². The number of thiophene rings is 1. The molecule has 2 N–H and O–H groups in total. The normalized spacial score (nSPS) is 17.5. The number of fused-ring (bicyclic) bond motifs is 4. The number of morpholine rings is 1. The number of aromatic nitrogens is 4. The Kier molecular flexibility index (Phi) is 9.23. The molecule has 1 amide bonds. The lowest BCUT2D eigenvalue weighted by Crippen LogP contribution is -2.31. The summed E-state index contributed by atoms with van der Waals surface area (Å²) in [4.78, 5) is 24.2. The average molecular weight is 565 g/mol. The van der Waals surface area contributed by atoms with Gasteiger partial charge in [0.15, 0.2) is 5.65 Å². The Morgan fingerprint density at radius 2 is 1.85 bits per heavy atom. The molecule has 3 aliphatic rings. The molecule has 0 unspecified atom stereocenters. The lowest BCUT2D eigenvalue weighted by atomic mass is 9.90. The Morgan fingerprint density at radius 1 is 1.12 bits per heavy atom. The first-order valence-corrected chi connectivity index (χ1v) is 15.9. The van der Waals surface area contributed by atoms with E-state index in [9.17, 15) is 4.79 Å². The van der Waals surface area contributed by atoms with Crippen LogP contribution in [0.25, 0.3) is 27.1 Å². The molecule has 0 saturated carbocycles. The summed E-state index contributed by atoms with van der Waals surface area (Å²) in [5.74, 6) is 0.969. The molecule has 2 saturated heterocycles. The van der Waals surface area contributed by atoms with Crippen molar-refractivity contribution >= 4 is 33.6 Å². The summed E-state index contributed by atoms with van der Waals surface area (Å²) < 4.78 is 6.96. The van der Waals surface area contributed by atoms with Gasteiger partial charge in [-0.2, -0.15) is 5.10 Å². The van der Waals surface area contributed by atoms with Gasteiger partial charge in [0.2, 0.25) is 6.41 Å². The molecule has 9 heteroatoms. The average Bonchev–Trinajstić information content (AvgIpc) is 3.79. The zero-order valence-electron chi connectivity index (χ0n) is 24.7. The van der Waals surface area contributed by atoms with Crippen LogP contribution in [0.3, 0.4) is 0 Å². The number of rotatable bonds is 4. The fourth-order valence-electron chi connectivity index (χ4n) is 6.48. The zero-order valence-corrected chi connectivity index (χ0v) is 25.5. The van der Waals surface area contributed by atoms with E-state index < -0.39 is 0 Å². The van der Waals surface area contributed by atoms with Crippen molar-refractivity contribution < 1.29 is 9.53 Å². The van der Waals surface area contributed by atoms with E-state index in [1.165, 1.54) is 55.0 Å². The van der Waals surface area contributed by atoms with E-state index in [0.717, 1.165) is 77.1 Å². The molecule has 0 radical (unpaired) electrons. The second-order valence-corrected chi connectivity index (χ2v) is 12.1. The summed E-state index contributed by atoms with van der Waals surface area (Å²) in [5.41, 5.74) is 9.25. The third-order valence-electron chi connectivity index (χ3n) is 8.34. The quantitative estimate of drug-likeness (QED) is 0.305. The first-order valence-electron chi connectivity index (χ1n) is 15.0. The van der Waals surface area contributed by atoms with Crippen molar-refractivity contribution in [3.05, 3.63) is 39.7 Å². The Balaban J connectivity index is 0.000000354. The maximum Gasteiger partial charge on any atom is 0.209 e. The number of amides is 1. The third-order valence-corrected chi connectivity index (χ3v) is 9.71. The molecule has 4 aromatic heterocycles. The van der Waals surface area contributed by atoms with Crippen LogP contribution >= 0.6 is 11.3 Å². The molecule has 7 rings (SSSR count). The van der Waals surface area contributed by atoms with Crippen LogP contribution in [0.5, 0.6) is 0 Å².